The number of nitrogens with two attached hydrogens (primary N) is 1. The van der Waals surface area contributed by atoms with Crippen molar-refractivity contribution < 1.29 is 20.6 Å². The van der Waals surface area contributed by atoms with E-state index in [4.69, 9.17) is 16.7 Å². The molecule has 1 aromatic carbocycles. The number of hydrogen-bond acceptors (Lipinski definition) is 5. The molecular weight excluding hydrogens is 270 g/mol. The molecule has 0 spiro atoms. The normalized spacial score (nSPS) is 31.2. The number of anilines is 1. The second-order valence-corrected chi connectivity index (χ2v) is 4.50. The summed E-state index contributed by atoms with van der Waals surface area (Å²) in [6.45, 7) is -3.09. The number of fused-ring (bicyclic) bond motifs is 1. The van der Waals surface area contributed by atoms with Crippen LogP contribution in [0.1, 0.15) is 42.0 Å². The van der Waals surface area contributed by atoms with Gasteiger partial charge in [-0.2, -0.15) is 0 Å². The van der Waals surface area contributed by atoms with Gasteiger partial charge in [0.2, 0.25) is 0 Å². The first-order chi connectivity index (χ1) is 13.2. The molecule has 21 heavy (non-hydrogen) atoms. The number of benzene rings is 1. The molecule has 0 aliphatic heterocycles. The summed E-state index contributed by atoms with van der Waals surface area (Å²) >= 11 is 0. The molecule has 108 valence electrons. The van der Waals surface area contributed by atoms with Gasteiger partial charge in [0.1, 0.15) is 11.6 Å². The molecule has 2 atom stereocenters. The van der Waals surface area contributed by atoms with Crippen LogP contribution in [0.25, 0.3) is 10.9 Å². The SMILES string of the molecule is [2H]c1cc([2H])c2nc(C([2H])([2H])[2H])n(C3C(=O)CC(=O)C([2H])C3([2H])[2H])c(=O)c2c1N. The number of ketones is 2. The van der Waals surface area contributed by atoms with E-state index >= 15 is 0 Å². The van der Waals surface area contributed by atoms with E-state index in [9.17, 15) is 14.4 Å². The van der Waals surface area contributed by atoms with Crippen LogP contribution in [-0.4, -0.2) is 21.1 Å². The van der Waals surface area contributed by atoms with Gasteiger partial charge in [-0.05, 0) is 25.3 Å². The number of Topliss-reactive ketones (excluding diaryl/α,β-unsaturated/α-hetero) is 2. The Morgan fingerprint density at radius 2 is 2.29 bits per heavy atom. The molecule has 1 fully saturated rings. The van der Waals surface area contributed by atoms with Crippen LogP contribution in [0, 0.1) is 6.85 Å². The highest BCUT2D eigenvalue weighted by molar-refractivity contribution is 6.03. The van der Waals surface area contributed by atoms with Crippen molar-refractivity contribution in [3.05, 3.63) is 34.3 Å². The predicted molar refractivity (Wildman–Crippen MR) is 78.1 cm³/mol. The first-order valence-corrected chi connectivity index (χ1v) is 5.99. The summed E-state index contributed by atoms with van der Waals surface area (Å²) in [5.74, 6) is -3.04. The molecule has 0 bridgehead atoms. The molecule has 0 saturated heterocycles. The minimum Gasteiger partial charge on any atom is -0.398 e. The number of carbonyl (C=O) groups excluding carboxylic acids is 2. The van der Waals surface area contributed by atoms with Crippen LogP contribution in [-0.2, 0) is 9.59 Å². The second-order valence-electron chi connectivity index (χ2n) is 4.50. The molecule has 2 unspecified atom stereocenters. The van der Waals surface area contributed by atoms with Crippen LogP contribution in [0.4, 0.5) is 5.69 Å². The van der Waals surface area contributed by atoms with Crippen LogP contribution >= 0.6 is 0 Å². The number of carbonyl (C=O) groups is 2. The maximum absolute atomic E-state index is 13.2. The molecule has 0 radical (unpaired) electrons. The standard InChI is InChI=1S/C15H15N3O3/c1-8-17-11-4-2-3-10(16)14(11)15(21)18(8)12-6-5-9(19)7-13(12)20/h2-4,12H,5-7,16H2,1H3/i1D3,3D,4D,5D,6D2. The smallest absolute Gasteiger partial charge is 0.264 e. The highest BCUT2D eigenvalue weighted by Crippen LogP contribution is 2.24. The van der Waals surface area contributed by atoms with Crippen molar-refractivity contribution in [1.29, 1.82) is 0 Å². The number of nitrogens with zero attached hydrogens (tertiary/aromatic N) is 2. The molecule has 0 amide bonds. The van der Waals surface area contributed by atoms with E-state index in [2.05, 4.69) is 4.98 Å². The van der Waals surface area contributed by atoms with Gasteiger partial charge >= 0.3 is 0 Å². The summed E-state index contributed by atoms with van der Waals surface area (Å²) in [6, 6.07) is -1.98. The van der Waals surface area contributed by atoms with E-state index in [1.165, 1.54) is 0 Å². The predicted octanol–water partition coefficient (Wildman–Crippen LogP) is 1.15. The third kappa shape index (κ3) is 2.12. The Balaban J connectivity index is 2.51. The first kappa shape index (κ1) is 6.98. The van der Waals surface area contributed by atoms with Gasteiger partial charge in [0.25, 0.3) is 5.56 Å². The number of aryl methyl sites for hydroxylation is 1. The Kier molecular flexibility index (Phi) is 1.59. The zero-order valence-corrected chi connectivity index (χ0v) is 10.6. The molecule has 1 aromatic heterocycles. The van der Waals surface area contributed by atoms with E-state index < -0.39 is 83.7 Å². The highest BCUT2D eigenvalue weighted by Gasteiger charge is 2.30. The first-order valence-electron chi connectivity index (χ1n) is 10.1. The van der Waals surface area contributed by atoms with Crippen molar-refractivity contribution in [2.45, 2.75) is 32.1 Å². The molecule has 1 aliphatic carbocycles. The van der Waals surface area contributed by atoms with Gasteiger partial charge in [0, 0.05) is 20.3 Å². The fraction of sp³-hybridized carbons (Fsp3) is 0.333. The fourth-order valence-corrected chi connectivity index (χ4v) is 2.18. The van der Waals surface area contributed by atoms with E-state index in [1.54, 1.807) is 0 Å². The zero-order valence-electron chi connectivity index (χ0n) is 18.6. The van der Waals surface area contributed by atoms with Crippen LogP contribution in [0.2, 0.25) is 0 Å². The van der Waals surface area contributed by atoms with Crippen LogP contribution in [0.5, 0.6) is 0 Å². The molecule has 1 aliphatic rings. The maximum Gasteiger partial charge on any atom is 0.264 e. The minimum absolute atomic E-state index is 0.306. The monoisotopic (exact) mass is 293 g/mol. The fourth-order valence-electron chi connectivity index (χ4n) is 2.18. The number of aromatic nitrogens is 2. The average Bonchev–Trinajstić information content (AvgIpc) is 2.58. The van der Waals surface area contributed by atoms with E-state index in [-0.39, 0.29) is 0 Å². The molecule has 3 rings (SSSR count). The van der Waals surface area contributed by atoms with Crippen LogP contribution in [0.3, 0.4) is 0 Å². The summed E-state index contributed by atoms with van der Waals surface area (Å²) < 4.78 is 63.0. The zero-order chi connectivity index (χ0) is 22.0. The van der Waals surface area contributed by atoms with Gasteiger partial charge in [-0.3, -0.25) is 19.0 Å². The van der Waals surface area contributed by atoms with Crippen molar-refractivity contribution in [3.8, 4) is 0 Å². The lowest BCUT2D eigenvalue weighted by molar-refractivity contribution is -0.132. The Bertz CT molecular complexity index is 1120. The quantitative estimate of drug-likeness (QED) is 0.628. The molecule has 2 aromatic rings. The molecule has 2 N–H and O–H groups in total. The summed E-state index contributed by atoms with van der Waals surface area (Å²) in [4.78, 5) is 41.3. The van der Waals surface area contributed by atoms with E-state index in [0.717, 1.165) is 6.07 Å². The molecule has 1 heterocycles. The van der Waals surface area contributed by atoms with Gasteiger partial charge in [-0.25, -0.2) is 4.98 Å². The summed E-state index contributed by atoms with van der Waals surface area (Å²) in [5, 5.41) is -0.502. The lowest BCUT2D eigenvalue weighted by Gasteiger charge is -2.24. The number of hydrogen-bond donors (Lipinski definition) is 1. The summed E-state index contributed by atoms with van der Waals surface area (Å²) in [7, 11) is 0. The van der Waals surface area contributed by atoms with Gasteiger partial charge < -0.3 is 5.73 Å². The largest absolute Gasteiger partial charge is 0.398 e. The van der Waals surface area contributed by atoms with Crippen LogP contribution in [0.15, 0.2) is 22.9 Å². The Morgan fingerprint density at radius 3 is 3.05 bits per heavy atom. The third-order valence-corrected chi connectivity index (χ3v) is 3.14. The van der Waals surface area contributed by atoms with Crippen molar-refractivity contribution in [2.24, 2.45) is 0 Å². The van der Waals surface area contributed by atoms with Gasteiger partial charge in [-0.15, -0.1) is 0 Å². The van der Waals surface area contributed by atoms with Crippen LogP contribution < -0.4 is 11.3 Å². The maximum atomic E-state index is 13.2. The molecule has 6 nitrogen and oxygen atoms in total. The average molecular weight is 293 g/mol. The Hall–Kier alpha value is -2.50. The molecule has 6 heteroatoms. The molecule has 1 saturated carbocycles. The minimum atomic E-state index is -3.09. The number of rotatable bonds is 1. The topological polar surface area (TPSA) is 95.0 Å². The summed E-state index contributed by atoms with van der Waals surface area (Å²) in [5.41, 5.74) is 3.71. The van der Waals surface area contributed by atoms with Gasteiger partial charge in [0.05, 0.1) is 26.1 Å². The Labute approximate surface area is 131 Å². The van der Waals surface area contributed by atoms with Crippen molar-refractivity contribution in [2.75, 3.05) is 5.73 Å². The summed E-state index contributed by atoms with van der Waals surface area (Å²) in [6.07, 6.45) is -5.77. The lowest BCUT2D eigenvalue weighted by atomic mass is 9.92. The Morgan fingerprint density at radius 1 is 1.48 bits per heavy atom. The third-order valence-electron chi connectivity index (χ3n) is 3.14. The highest BCUT2D eigenvalue weighted by atomic mass is 16.2. The van der Waals surface area contributed by atoms with Gasteiger partial charge in [0.15, 0.2) is 5.78 Å². The second kappa shape index (κ2) is 4.80. The van der Waals surface area contributed by atoms with E-state index in [0.29, 0.717) is 4.57 Å². The lowest BCUT2D eigenvalue weighted by Crippen LogP contribution is -2.36. The van der Waals surface area contributed by atoms with Crippen molar-refractivity contribution in [3.63, 3.8) is 0 Å². The van der Waals surface area contributed by atoms with E-state index in [1.807, 2.05) is 0 Å². The number of nitrogen functional groups attached to an aromatic ring is 1. The molecular formula is C15H15N3O3. The van der Waals surface area contributed by atoms with Gasteiger partial charge in [-0.1, -0.05) is 6.07 Å². The van der Waals surface area contributed by atoms with Crippen molar-refractivity contribution >= 4 is 28.2 Å². The van der Waals surface area contributed by atoms with Crippen molar-refractivity contribution in [1.82, 2.24) is 9.55 Å².